The number of nitrogens with two attached hydrogens (primary N) is 5. The number of hydrazine groups is 1. The summed E-state index contributed by atoms with van der Waals surface area (Å²) in [5.41, 5.74) is 28.1. The fourth-order valence-electron chi connectivity index (χ4n) is 4.03. The predicted molar refractivity (Wildman–Crippen MR) is 171 cm³/mol. The largest absolute Gasteiger partial charge is 0.506 e. The quantitative estimate of drug-likeness (QED) is 0.0133. The summed E-state index contributed by atoms with van der Waals surface area (Å²) in [6.45, 7) is 0.693. The zero-order valence-electron chi connectivity index (χ0n) is 24.4. The second-order valence-corrected chi connectivity index (χ2v) is 9.34. The molecule has 0 atom stereocenters. The minimum Gasteiger partial charge on any atom is -0.506 e. The van der Waals surface area contributed by atoms with E-state index in [9.17, 15) is 14.7 Å². The van der Waals surface area contributed by atoms with E-state index in [-0.39, 0.29) is 59.4 Å². The first kappa shape index (κ1) is 34.0. The lowest BCUT2D eigenvalue weighted by Gasteiger charge is -2.12. The van der Waals surface area contributed by atoms with Crippen LogP contribution in [0.4, 0.5) is 23.1 Å². The van der Waals surface area contributed by atoms with Crippen LogP contribution in [-0.2, 0) is 11.3 Å². The smallest absolute Gasteiger partial charge is 0.290 e. The van der Waals surface area contributed by atoms with Crippen molar-refractivity contribution in [3.8, 4) is 5.75 Å². The zero-order valence-corrected chi connectivity index (χ0v) is 24.4. The number of anilines is 4. The Morgan fingerprint density at radius 3 is 2.30 bits per heavy atom. The van der Waals surface area contributed by atoms with Crippen LogP contribution in [0.3, 0.4) is 0 Å². The summed E-state index contributed by atoms with van der Waals surface area (Å²) in [6.07, 6.45) is 2.70. The molecule has 0 saturated carbocycles. The Balaban J connectivity index is 0.00000185. The number of carbonyl (C=O) groups is 3. The molecular formula is C27H34N14O5. The maximum absolute atomic E-state index is 12.6. The first-order valence-corrected chi connectivity index (χ1v) is 13.5. The van der Waals surface area contributed by atoms with Crippen LogP contribution in [0.5, 0.6) is 5.75 Å². The number of phenols is 1. The number of phenolic OH excluding ortho intramolecular Hbond substituents is 1. The van der Waals surface area contributed by atoms with Gasteiger partial charge in [-0.25, -0.2) is 21.3 Å². The summed E-state index contributed by atoms with van der Waals surface area (Å²) in [6, 6.07) is 9.19. The Morgan fingerprint density at radius 1 is 0.935 bits per heavy atom. The van der Waals surface area contributed by atoms with Gasteiger partial charge in [-0.1, -0.05) is 0 Å². The number of hydrogen-bond acceptors (Lipinski definition) is 15. The molecule has 0 saturated heterocycles. The van der Waals surface area contributed by atoms with Crippen LogP contribution < -0.4 is 50.3 Å². The van der Waals surface area contributed by atoms with Gasteiger partial charge in [-0.05, 0) is 49.2 Å². The number of carbonyl (C=O) groups excluding carboxylic acids is 2. The molecule has 0 aliphatic heterocycles. The molecule has 2 amide bonds. The third-order valence-electron chi connectivity index (χ3n) is 6.14. The van der Waals surface area contributed by atoms with Gasteiger partial charge in [0.1, 0.15) is 5.75 Å². The molecule has 0 aliphatic carbocycles. The van der Waals surface area contributed by atoms with Crippen LogP contribution >= 0.6 is 0 Å². The van der Waals surface area contributed by atoms with Crippen LogP contribution in [0.25, 0.3) is 11.2 Å². The molecule has 0 spiro atoms. The van der Waals surface area contributed by atoms with Gasteiger partial charge in [0.25, 0.3) is 18.3 Å². The van der Waals surface area contributed by atoms with E-state index in [4.69, 9.17) is 38.7 Å². The molecule has 0 unspecified atom stereocenters. The van der Waals surface area contributed by atoms with E-state index in [1.165, 1.54) is 18.3 Å². The van der Waals surface area contributed by atoms with Crippen molar-refractivity contribution in [2.45, 2.75) is 19.4 Å². The Kier molecular flexibility index (Phi) is 12.1. The molecule has 46 heavy (non-hydrogen) atoms. The molecule has 2 aromatic heterocycles. The lowest BCUT2D eigenvalue weighted by atomic mass is 10.0. The van der Waals surface area contributed by atoms with Crippen molar-refractivity contribution < 1.29 is 24.6 Å². The highest BCUT2D eigenvalue weighted by Crippen LogP contribution is 2.25. The summed E-state index contributed by atoms with van der Waals surface area (Å²) < 4.78 is 0. The molecule has 19 heteroatoms. The van der Waals surface area contributed by atoms with Crippen molar-refractivity contribution >= 4 is 58.4 Å². The number of fused-ring (bicyclic) bond motifs is 1. The van der Waals surface area contributed by atoms with Crippen molar-refractivity contribution in [1.82, 2.24) is 36.1 Å². The van der Waals surface area contributed by atoms with Gasteiger partial charge in [0.05, 0.1) is 29.7 Å². The van der Waals surface area contributed by atoms with E-state index in [2.05, 4.69) is 46.5 Å². The number of rotatable bonds is 12. The molecule has 19 nitrogen and oxygen atoms in total. The van der Waals surface area contributed by atoms with Crippen LogP contribution in [0.1, 0.15) is 44.8 Å². The average molecular weight is 635 g/mol. The topological polar surface area (TPSA) is 334 Å². The van der Waals surface area contributed by atoms with E-state index in [0.29, 0.717) is 59.6 Å². The number of amides is 2. The van der Waals surface area contributed by atoms with Crippen molar-refractivity contribution in [2.24, 2.45) is 16.7 Å². The Hall–Kier alpha value is -6.50. The molecular weight excluding hydrogens is 600 g/mol. The molecule has 4 rings (SSSR count). The summed E-state index contributed by atoms with van der Waals surface area (Å²) in [5, 5.41) is 29.7. The number of carboxylic acid groups (broad SMARTS) is 1. The van der Waals surface area contributed by atoms with E-state index >= 15 is 0 Å². The first-order valence-electron chi connectivity index (χ1n) is 13.5. The fraction of sp³-hybridized carbons (Fsp3) is 0.185. The SMILES string of the molecule is NN/N=C(\N)c1cc(N)ccc1C(=O)NCCCCNC(=O)c1ccc(NCc2cnc3nc(N)nc(N)c3n2)c(O)c1.O=CO. The Morgan fingerprint density at radius 2 is 1.63 bits per heavy atom. The van der Waals surface area contributed by atoms with Gasteiger partial charge >= 0.3 is 0 Å². The second kappa shape index (κ2) is 16.4. The summed E-state index contributed by atoms with van der Waals surface area (Å²) in [7, 11) is 0. The molecule has 2 aromatic carbocycles. The molecule has 16 N–H and O–H groups in total. The van der Waals surface area contributed by atoms with Gasteiger partial charge in [0.15, 0.2) is 22.8 Å². The number of nitrogens with zero attached hydrogens (tertiary/aromatic N) is 5. The number of aromatic hydroxyl groups is 1. The maximum Gasteiger partial charge on any atom is 0.290 e. The third-order valence-corrected chi connectivity index (χ3v) is 6.14. The zero-order chi connectivity index (χ0) is 33.6. The van der Waals surface area contributed by atoms with Crippen LogP contribution in [-0.4, -0.2) is 67.4 Å². The summed E-state index contributed by atoms with van der Waals surface area (Å²) >= 11 is 0. The Labute approximate surface area is 261 Å². The number of nitrogens with one attached hydrogen (secondary N) is 4. The number of aromatic nitrogens is 4. The normalized spacial score (nSPS) is 10.8. The highest BCUT2D eigenvalue weighted by atomic mass is 16.3. The van der Waals surface area contributed by atoms with Crippen LogP contribution in [0.15, 0.2) is 47.7 Å². The molecule has 0 radical (unpaired) electrons. The highest BCUT2D eigenvalue weighted by molar-refractivity contribution is 6.09. The van der Waals surface area contributed by atoms with E-state index < -0.39 is 0 Å². The standard InChI is InChI=1S/C26H32N14O3.CH2O2/c27-14-4-5-16(17(10-14)21(28)39-40-31)25(43)33-8-2-1-7-32-24(42)13-3-6-18(19(41)9-13)34-11-15-12-35-23-20(36-15)22(29)37-26(30)38-23;2-1-3/h3-6,9-10,12,34,40-41H,1-2,7-8,11,27,31H2,(H2,28,39)(H,32,42)(H,33,43)(H4,29,30,35,37,38);1H,(H,2,3). The lowest BCUT2D eigenvalue weighted by molar-refractivity contribution is -0.122. The molecule has 242 valence electrons. The minimum absolute atomic E-state index is 0.00634. The van der Waals surface area contributed by atoms with Crippen LogP contribution in [0, 0.1) is 0 Å². The summed E-state index contributed by atoms with van der Waals surface area (Å²) in [5.74, 6) is 4.50. The molecule has 0 bridgehead atoms. The first-order chi connectivity index (χ1) is 22.1. The molecule has 4 aromatic rings. The third kappa shape index (κ3) is 9.25. The maximum atomic E-state index is 12.6. The van der Waals surface area contributed by atoms with Gasteiger partial charge in [-0.15, -0.1) is 5.10 Å². The number of nitrogen functional groups attached to an aromatic ring is 3. The molecule has 0 aliphatic rings. The van der Waals surface area contributed by atoms with Crippen molar-refractivity contribution in [3.05, 3.63) is 65.0 Å². The Bertz CT molecular complexity index is 1730. The van der Waals surface area contributed by atoms with Crippen molar-refractivity contribution in [1.29, 1.82) is 0 Å². The molecule has 2 heterocycles. The highest BCUT2D eigenvalue weighted by Gasteiger charge is 2.15. The summed E-state index contributed by atoms with van der Waals surface area (Å²) in [4.78, 5) is 50.0. The van der Waals surface area contributed by atoms with Crippen molar-refractivity contribution in [2.75, 3.05) is 35.6 Å². The lowest BCUT2D eigenvalue weighted by Crippen LogP contribution is -2.30. The minimum atomic E-state index is -0.352. The number of hydrazone groups is 1. The second-order valence-electron chi connectivity index (χ2n) is 9.34. The number of benzene rings is 2. The van der Waals surface area contributed by atoms with Crippen molar-refractivity contribution in [3.63, 3.8) is 0 Å². The van der Waals surface area contributed by atoms with Gasteiger partial charge in [0, 0.05) is 29.9 Å². The predicted octanol–water partition coefficient (Wildman–Crippen LogP) is -0.791. The number of hydrogen-bond donors (Lipinski definition) is 11. The number of amidine groups is 1. The number of unbranched alkanes of at least 4 members (excludes halogenated alkanes) is 1. The van der Waals surface area contributed by atoms with Gasteiger partial charge < -0.3 is 49.1 Å². The molecule has 0 fully saturated rings. The van der Waals surface area contributed by atoms with Gasteiger partial charge in [-0.3, -0.25) is 14.4 Å². The monoisotopic (exact) mass is 634 g/mol. The average Bonchev–Trinajstić information content (AvgIpc) is 3.02. The van der Waals surface area contributed by atoms with Gasteiger partial charge in [-0.2, -0.15) is 9.97 Å². The van der Waals surface area contributed by atoms with E-state index in [0.717, 1.165) is 0 Å². The van der Waals surface area contributed by atoms with Crippen LogP contribution in [0.2, 0.25) is 0 Å². The fourth-order valence-corrected chi connectivity index (χ4v) is 4.03. The van der Waals surface area contributed by atoms with E-state index in [1.54, 1.807) is 24.3 Å². The van der Waals surface area contributed by atoms with E-state index in [1.807, 2.05) is 0 Å². The van der Waals surface area contributed by atoms with Gasteiger partial charge in [0.2, 0.25) is 5.95 Å².